The smallest absolute Gasteiger partial charge is 0.222 e. The predicted molar refractivity (Wildman–Crippen MR) is 101 cm³/mol. The Morgan fingerprint density at radius 1 is 1.24 bits per heavy atom. The number of benzene rings is 1. The number of para-hydroxylation sites is 1. The number of likely N-dealkylation sites (tertiary alicyclic amines) is 1. The Balaban J connectivity index is 1.52. The molecule has 0 aliphatic carbocycles. The van der Waals surface area contributed by atoms with Crippen LogP contribution < -0.4 is 4.90 Å². The first kappa shape index (κ1) is 16.8. The number of rotatable bonds is 4. The van der Waals surface area contributed by atoms with Crippen LogP contribution in [0.25, 0.3) is 10.2 Å². The Labute approximate surface area is 152 Å². The van der Waals surface area contributed by atoms with Crippen LogP contribution in [-0.4, -0.2) is 53.7 Å². The van der Waals surface area contributed by atoms with Crippen molar-refractivity contribution in [1.29, 1.82) is 0 Å². The van der Waals surface area contributed by atoms with Crippen LogP contribution in [0.2, 0.25) is 0 Å². The fourth-order valence-electron chi connectivity index (χ4n) is 4.27. The summed E-state index contributed by atoms with van der Waals surface area (Å²) in [4.78, 5) is 21.4. The Morgan fingerprint density at radius 2 is 2.12 bits per heavy atom. The summed E-state index contributed by atoms with van der Waals surface area (Å²) in [5.74, 6) is 0.246. The summed E-state index contributed by atoms with van der Waals surface area (Å²) in [7, 11) is 0. The van der Waals surface area contributed by atoms with Gasteiger partial charge in [-0.2, -0.15) is 0 Å². The molecule has 0 saturated carbocycles. The molecule has 1 spiro atoms. The molecule has 0 radical (unpaired) electrons. The summed E-state index contributed by atoms with van der Waals surface area (Å²) in [6.07, 6.45) is 4.61. The first-order valence-electron chi connectivity index (χ1n) is 9.18. The molecule has 2 aromatic rings. The maximum atomic E-state index is 12.2. The third-order valence-corrected chi connectivity index (χ3v) is 6.65. The number of fused-ring (bicyclic) bond motifs is 1. The van der Waals surface area contributed by atoms with Gasteiger partial charge in [-0.3, -0.25) is 4.79 Å². The van der Waals surface area contributed by atoms with Crippen molar-refractivity contribution in [3.05, 3.63) is 24.3 Å². The largest absolute Gasteiger partial charge is 0.396 e. The van der Waals surface area contributed by atoms with E-state index in [-0.39, 0.29) is 17.9 Å². The van der Waals surface area contributed by atoms with Gasteiger partial charge >= 0.3 is 0 Å². The minimum Gasteiger partial charge on any atom is -0.396 e. The molecule has 5 nitrogen and oxygen atoms in total. The molecule has 1 aromatic carbocycles. The standard InChI is InChI=1S/C19H25N3O2S/c23-12-4-11-21-13-19(9-7-17(21)24)8-3-10-22(14-19)18-20-15-5-1-2-6-16(15)25-18/h1-2,5-6,23H,3-4,7-14H2/t19-/m1/s1. The number of nitrogens with zero attached hydrogens (tertiary/aromatic N) is 3. The first-order valence-corrected chi connectivity index (χ1v) is 10.00. The number of carbonyl (C=O) groups is 1. The van der Waals surface area contributed by atoms with E-state index in [1.165, 1.54) is 11.1 Å². The average Bonchev–Trinajstić information content (AvgIpc) is 3.07. The minimum atomic E-state index is 0.147. The van der Waals surface area contributed by atoms with E-state index < -0.39 is 0 Å². The van der Waals surface area contributed by atoms with E-state index in [0.717, 1.165) is 43.1 Å². The maximum Gasteiger partial charge on any atom is 0.222 e. The second-order valence-electron chi connectivity index (χ2n) is 7.38. The second-order valence-corrected chi connectivity index (χ2v) is 8.39. The van der Waals surface area contributed by atoms with Crippen LogP contribution in [0.5, 0.6) is 0 Å². The number of hydrogen-bond donors (Lipinski definition) is 1. The van der Waals surface area contributed by atoms with Crippen LogP contribution in [0.4, 0.5) is 5.13 Å². The highest BCUT2D eigenvalue weighted by Gasteiger charge is 2.42. The lowest BCUT2D eigenvalue weighted by Gasteiger charge is -2.48. The summed E-state index contributed by atoms with van der Waals surface area (Å²) in [6.45, 7) is 3.68. The molecule has 6 heteroatoms. The lowest BCUT2D eigenvalue weighted by molar-refractivity contribution is -0.138. The van der Waals surface area contributed by atoms with Crippen molar-refractivity contribution in [2.24, 2.45) is 5.41 Å². The Morgan fingerprint density at radius 3 is 2.96 bits per heavy atom. The molecule has 0 bridgehead atoms. The van der Waals surface area contributed by atoms with Crippen molar-refractivity contribution in [1.82, 2.24) is 9.88 Å². The molecule has 1 aromatic heterocycles. The van der Waals surface area contributed by atoms with Crippen molar-refractivity contribution in [2.75, 3.05) is 37.7 Å². The number of aromatic nitrogens is 1. The van der Waals surface area contributed by atoms with Crippen molar-refractivity contribution < 1.29 is 9.90 Å². The zero-order chi connectivity index (χ0) is 17.3. The number of amides is 1. The lowest BCUT2D eigenvalue weighted by atomic mass is 9.73. The van der Waals surface area contributed by atoms with Gasteiger partial charge in [0, 0.05) is 44.6 Å². The van der Waals surface area contributed by atoms with E-state index in [4.69, 9.17) is 10.1 Å². The third kappa shape index (κ3) is 3.37. The molecule has 2 fully saturated rings. The predicted octanol–water partition coefficient (Wildman–Crippen LogP) is 2.89. The molecular weight excluding hydrogens is 334 g/mol. The molecular formula is C19H25N3O2S. The summed E-state index contributed by atoms with van der Waals surface area (Å²) < 4.78 is 1.24. The summed E-state index contributed by atoms with van der Waals surface area (Å²) in [6, 6.07) is 8.31. The second kappa shape index (κ2) is 6.92. The SMILES string of the molecule is O=C1CC[C@]2(CCCN(c3nc4ccccc4s3)C2)CN1CCCO. The Kier molecular flexibility index (Phi) is 4.65. The zero-order valence-electron chi connectivity index (χ0n) is 14.5. The van der Waals surface area contributed by atoms with Gasteiger partial charge in [0.15, 0.2) is 5.13 Å². The highest BCUT2D eigenvalue weighted by atomic mass is 32.1. The number of aliphatic hydroxyl groups is 1. The zero-order valence-corrected chi connectivity index (χ0v) is 15.3. The summed E-state index contributed by atoms with van der Waals surface area (Å²) >= 11 is 1.77. The summed E-state index contributed by atoms with van der Waals surface area (Å²) in [5.41, 5.74) is 1.25. The molecule has 3 heterocycles. The molecule has 1 N–H and O–H groups in total. The quantitative estimate of drug-likeness (QED) is 0.912. The van der Waals surface area contributed by atoms with Gasteiger partial charge in [0.1, 0.15) is 0 Å². The monoisotopic (exact) mass is 359 g/mol. The Hall–Kier alpha value is -1.66. The van der Waals surface area contributed by atoms with Gasteiger partial charge in [0.05, 0.1) is 10.2 Å². The van der Waals surface area contributed by atoms with Gasteiger partial charge in [0.25, 0.3) is 0 Å². The van der Waals surface area contributed by atoms with Gasteiger partial charge in [-0.15, -0.1) is 0 Å². The molecule has 4 rings (SSSR count). The molecule has 134 valence electrons. The van der Waals surface area contributed by atoms with Crippen LogP contribution in [-0.2, 0) is 4.79 Å². The molecule has 2 saturated heterocycles. The summed E-state index contributed by atoms with van der Waals surface area (Å²) in [5, 5.41) is 10.2. The fourth-order valence-corrected chi connectivity index (χ4v) is 5.26. The topological polar surface area (TPSA) is 56.7 Å². The van der Waals surface area contributed by atoms with Gasteiger partial charge in [0.2, 0.25) is 5.91 Å². The van der Waals surface area contributed by atoms with E-state index in [1.807, 2.05) is 11.0 Å². The highest BCUT2D eigenvalue weighted by Crippen LogP contribution is 2.41. The molecule has 1 amide bonds. The normalized spacial score (nSPS) is 24.4. The van der Waals surface area contributed by atoms with E-state index >= 15 is 0 Å². The number of piperidine rings is 2. The number of thiazole rings is 1. The van der Waals surface area contributed by atoms with Crippen LogP contribution in [0.15, 0.2) is 24.3 Å². The molecule has 2 aliphatic heterocycles. The number of carbonyl (C=O) groups excluding carboxylic acids is 1. The van der Waals surface area contributed by atoms with Crippen LogP contribution in [0.3, 0.4) is 0 Å². The van der Waals surface area contributed by atoms with Crippen LogP contribution in [0, 0.1) is 5.41 Å². The van der Waals surface area contributed by atoms with E-state index in [9.17, 15) is 4.79 Å². The number of aliphatic hydroxyl groups excluding tert-OH is 1. The number of hydrogen-bond acceptors (Lipinski definition) is 5. The molecule has 0 unspecified atom stereocenters. The van der Waals surface area contributed by atoms with Crippen molar-refractivity contribution >= 4 is 32.6 Å². The maximum absolute atomic E-state index is 12.2. The number of anilines is 1. The van der Waals surface area contributed by atoms with E-state index in [2.05, 4.69) is 23.1 Å². The lowest BCUT2D eigenvalue weighted by Crippen LogP contribution is -2.54. The van der Waals surface area contributed by atoms with Crippen LogP contribution >= 0.6 is 11.3 Å². The fraction of sp³-hybridized carbons (Fsp3) is 0.579. The van der Waals surface area contributed by atoms with Crippen molar-refractivity contribution in [3.8, 4) is 0 Å². The molecule has 2 aliphatic rings. The third-order valence-electron chi connectivity index (χ3n) is 5.55. The van der Waals surface area contributed by atoms with Gasteiger partial charge in [-0.25, -0.2) is 4.98 Å². The molecule has 25 heavy (non-hydrogen) atoms. The highest BCUT2D eigenvalue weighted by molar-refractivity contribution is 7.22. The van der Waals surface area contributed by atoms with Gasteiger partial charge < -0.3 is 14.9 Å². The minimum absolute atomic E-state index is 0.147. The van der Waals surface area contributed by atoms with Crippen LogP contribution in [0.1, 0.15) is 32.1 Å². The average molecular weight is 359 g/mol. The van der Waals surface area contributed by atoms with Gasteiger partial charge in [-0.05, 0) is 37.8 Å². The van der Waals surface area contributed by atoms with E-state index in [0.29, 0.717) is 19.4 Å². The molecule has 1 atom stereocenters. The van der Waals surface area contributed by atoms with E-state index in [1.54, 1.807) is 11.3 Å². The van der Waals surface area contributed by atoms with Gasteiger partial charge in [-0.1, -0.05) is 23.5 Å². The van der Waals surface area contributed by atoms with Crippen molar-refractivity contribution in [3.63, 3.8) is 0 Å². The first-order chi connectivity index (χ1) is 12.2. The Bertz CT molecular complexity index is 729. The van der Waals surface area contributed by atoms with Crippen molar-refractivity contribution in [2.45, 2.75) is 32.1 Å².